The van der Waals surface area contributed by atoms with E-state index in [-0.39, 0.29) is 17.5 Å². The van der Waals surface area contributed by atoms with E-state index in [1.165, 1.54) is 6.92 Å². The third-order valence-corrected chi connectivity index (χ3v) is 1.81. The maximum absolute atomic E-state index is 10.6. The molecule has 0 saturated heterocycles. The molecule has 11 heavy (non-hydrogen) atoms. The van der Waals surface area contributed by atoms with Crippen molar-refractivity contribution in [2.24, 2.45) is 5.41 Å². The predicted octanol–water partition coefficient (Wildman–Crippen LogP) is 1.90. The van der Waals surface area contributed by atoms with Crippen molar-refractivity contribution in [1.82, 2.24) is 0 Å². The van der Waals surface area contributed by atoms with Crippen LogP contribution in [0.2, 0.25) is 0 Å². The Labute approximate surface area is 67.2 Å². The second-order valence-corrected chi connectivity index (χ2v) is 3.70. The van der Waals surface area contributed by atoms with Crippen LogP contribution in [0.4, 0.5) is 0 Å². The lowest BCUT2D eigenvalue weighted by atomic mass is 9.93. The fourth-order valence-corrected chi connectivity index (χ4v) is 1.32. The van der Waals surface area contributed by atoms with Crippen molar-refractivity contribution in [2.45, 2.75) is 33.3 Å². The lowest BCUT2D eigenvalue weighted by Crippen LogP contribution is -2.15. The molecule has 0 aliphatic heterocycles. The Morgan fingerprint density at radius 1 is 1.64 bits per heavy atom. The van der Waals surface area contributed by atoms with Gasteiger partial charge in [-0.15, -0.1) is 0 Å². The first kappa shape index (κ1) is 8.31. The molecule has 0 aromatic carbocycles. The highest BCUT2D eigenvalue weighted by molar-refractivity contribution is 5.66. The van der Waals surface area contributed by atoms with E-state index in [0.717, 1.165) is 6.42 Å². The zero-order valence-electron chi connectivity index (χ0n) is 7.26. The fraction of sp³-hybridized carbons (Fsp3) is 0.667. The molecule has 1 unspecified atom stereocenters. The van der Waals surface area contributed by atoms with E-state index in [4.69, 9.17) is 4.74 Å². The lowest BCUT2D eigenvalue weighted by Gasteiger charge is -2.16. The van der Waals surface area contributed by atoms with Crippen molar-refractivity contribution >= 4 is 5.97 Å². The zero-order chi connectivity index (χ0) is 8.48. The van der Waals surface area contributed by atoms with E-state index < -0.39 is 0 Å². The molecule has 2 nitrogen and oxygen atoms in total. The van der Waals surface area contributed by atoms with Crippen LogP contribution in [0, 0.1) is 5.41 Å². The molecule has 0 radical (unpaired) electrons. The SMILES string of the molecule is CC(=O)OC1C=CC(C)(C)C1. The van der Waals surface area contributed by atoms with Gasteiger partial charge < -0.3 is 4.74 Å². The Kier molecular flexibility index (Phi) is 2.03. The highest BCUT2D eigenvalue weighted by atomic mass is 16.5. The number of esters is 1. The Bertz CT molecular complexity index is 192. The van der Waals surface area contributed by atoms with Crippen LogP contribution in [0.15, 0.2) is 12.2 Å². The molecular weight excluding hydrogens is 140 g/mol. The minimum atomic E-state index is -0.197. The number of allylic oxidation sites excluding steroid dienone is 1. The number of carbonyl (C=O) groups excluding carboxylic acids is 1. The quantitative estimate of drug-likeness (QED) is 0.426. The molecule has 0 spiro atoms. The van der Waals surface area contributed by atoms with Crippen LogP contribution in [-0.4, -0.2) is 12.1 Å². The van der Waals surface area contributed by atoms with Crippen molar-refractivity contribution in [3.63, 3.8) is 0 Å². The smallest absolute Gasteiger partial charge is 0.303 e. The first-order valence-electron chi connectivity index (χ1n) is 3.86. The predicted molar refractivity (Wildman–Crippen MR) is 43.1 cm³/mol. The highest BCUT2D eigenvalue weighted by Gasteiger charge is 2.26. The lowest BCUT2D eigenvalue weighted by molar-refractivity contribution is -0.144. The molecule has 1 rings (SSSR count). The van der Waals surface area contributed by atoms with Gasteiger partial charge in [-0.3, -0.25) is 4.79 Å². The Hall–Kier alpha value is -0.790. The number of rotatable bonds is 1. The van der Waals surface area contributed by atoms with Gasteiger partial charge in [-0.1, -0.05) is 19.9 Å². The van der Waals surface area contributed by atoms with E-state index in [2.05, 4.69) is 19.9 Å². The second-order valence-electron chi connectivity index (χ2n) is 3.70. The van der Waals surface area contributed by atoms with Crippen LogP contribution >= 0.6 is 0 Å². The van der Waals surface area contributed by atoms with E-state index in [1.54, 1.807) is 0 Å². The van der Waals surface area contributed by atoms with Gasteiger partial charge >= 0.3 is 5.97 Å². The molecule has 0 aromatic heterocycles. The van der Waals surface area contributed by atoms with E-state index in [0.29, 0.717) is 0 Å². The van der Waals surface area contributed by atoms with Gasteiger partial charge in [-0.25, -0.2) is 0 Å². The van der Waals surface area contributed by atoms with Crippen LogP contribution < -0.4 is 0 Å². The normalized spacial score (nSPS) is 27.0. The molecule has 0 heterocycles. The maximum Gasteiger partial charge on any atom is 0.303 e. The zero-order valence-corrected chi connectivity index (χ0v) is 7.26. The molecule has 0 amide bonds. The molecule has 0 N–H and O–H groups in total. The summed E-state index contributed by atoms with van der Waals surface area (Å²) in [5.74, 6) is -0.197. The average Bonchev–Trinajstić information content (AvgIpc) is 2.08. The molecular formula is C9H14O2. The summed E-state index contributed by atoms with van der Waals surface area (Å²) in [4.78, 5) is 10.6. The number of hydrogen-bond donors (Lipinski definition) is 0. The molecule has 1 atom stereocenters. The van der Waals surface area contributed by atoms with Crippen LogP contribution in [0.3, 0.4) is 0 Å². The van der Waals surface area contributed by atoms with Crippen LogP contribution in [0.25, 0.3) is 0 Å². The third kappa shape index (κ3) is 2.37. The molecule has 0 fully saturated rings. The Morgan fingerprint density at radius 2 is 2.27 bits per heavy atom. The minimum absolute atomic E-state index is 0.00231. The molecule has 2 heteroatoms. The summed E-state index contributed by atoms with van der Waals surface area (Å²) in [7, 11) is 0. The number of hydrogen-bond acceptors (Lipinski definition) is 2. The molecule has 0 aromatic rings. The Morgan fingerprint density at radius 3 is 2.64 bits per heavy atom. The van der Waals surface area contributed by atoms with Crippen molar-refractivity contribution in [2.75, 3.05) is 0 Å². The number of ether oxygens (including phenoxy) is 1. The first-order chi connectivity index (χ1) is 4.99. The Balaban J connectivity index is 2.44. The monoisotopic (exact) mass is 154 g/mol. The van der Waals surface area contributed by atoms with Gasteiger partial charge in [0.2, 0.25) is 0 Å². The largest absolute Gasteiger partial charge is 0.458 e. The molecule has 0 saturated carbocycles. The molecule has 1 aliphatic rings. The van der Waals surface area contributed by atoms with Crippen molar-refractivity contribution < 1.29 is 9.53 Å². The third-order valence-electron chi connectivity index (χ3n) is 1.81. The van der Waals surface area contributed by atoms with Crippen molar-refractivity contribution in [3.8, 4) is 0 Å². The minimum Gasteiger partial charge on any atom is -0.458 e. The van der Waals surface area contributed by atoms with Gasteiger partial charge in [-0.05, 0) is 17.9 Å². The maximum atomic E-state index is 10.6. The molecule has 0 bridgehead atoms. The van der Waals surface area contributed by atoms with Gasteiger partial charge in [-0.2, -0.15) is 0 Å². The first-order valence-corrected chi connectivity index (χ1v) is 3.86. The molecule has 1 aliphatic carbocycles. The average molecular weight is 154 g/mol. The highest BCUT2D eigenvalue weighted by Crippen LogP contribution is 2.31. The van der Waals surface area contributed by atoms with Gasteiger partial charge in [0, 0.05) is 6.92 Å². The summed E-state index contributed by atoms with van der Waals surface area (Å²) in [5, 5.41) is 0. The number of carbonyl (C=O) groups is 1. The second kappa shape index (κ2) is 2.68. The topological polar surface area (TPSA) is 26.3 Å². The van der Waals surface area contributed by atoms with Crippen LogP contribution in [0.1, 0.15) is 27.2 Å². The van der Waals surface area contributed by atoms with E-state index in [9.17, 15) is 4.79 Å². The van der Waals surface area contributed by atoms with E-state index >= 15 is 0 Å². The van der Waals surface area contributed by atoms with Gasteiger partial charge in [0.25, 0.3) is 0 Å². The summed E-state index contributed by atoms with van der Waals surface area (Å²) in [6.45, 7) is 5.71. The van der Waals surface area contributed by atoms with Crippen LogP contribution in [0.5, 0.6) is 0 Å². The summed E-state index contributed by atoms with van der Waals surface area (Å²) in [6.07, 6.45) is 4.97. The van der Waals surface area contributed by atoms with Crippen LogP contribution in [-0.2, 0) is 9.53 Å². The van der Waals surface area contributed by atoms with Gasteiger partial charge in [0.15, 0.2) is 0 Å². The van der Waals surface area contributed by atoms with Crippen molar-refractivity contribution in [1.29, 1.82) is 0 Å². The summed E-state index contributed by atoms with van der Waals surface area (Å²) in [6, 6.07) is 0. The molecule has 62 valence electrons. The van der Waals surface area contributed by atoms with Gasteiger partial charge in [0.1, 0.15) is 6.10 Å². The van der Waals surface area contributed by atoms with Crippen molar-refractivity contribution in [3.05, 3.63) is 12.2 Å². The summed E-state index contributed by atoms with van der Waals surface area (Å²) in [5.41, 5.74) is 0.195. The van der Waals surface area contributed by atoms with E-state index in [1.807, 2.05) is 6.08 Å². The fourth-order valence-electron chi connectivity index (χ4n) is 1.32. The standard InChI is InChI=1S/C9H14O2/c1-7(10)11-8-4-5-9(2,3)6-8/h4-5,8H,6H2,1-3H3. The summed E-state index contributed by atoms with van der Waals surface area (Å²) >= 11 is 0. The van der Waals surface area contributed by atoms with Gasteiger partial charge in [0.05, 0.1) is 0 Å². The summed E-state index contributed by atoms with van der Waals surface area (Å²) < 4.78 is 5.02.